The molecule has 4 heterocycles. The van der Waals surface area contributed by atoms with Crippen LogP contribution in [0.4, 0.5) is 0 Å². The lowest BCUT2D eigenvalue weighted by Crippen LogP contribution is -2.42. The van der Waals surface area contributed by atoms with Crippen molar-refractivity contribution in [2.45, 2.75) is 44.1 Å². The van der Waals surface area contributed by atoms with E-state index in [2.05, 4.69) is 13.8 Å². The first-order valence-electron chi connectivity index (χ1n) is 14.3. The smallest absolute Gasteiger partial charge is 0.266 e. The highest BCUT2D eigenvalue weighted by molar-refractivity contribution is 8.26. The second-order valence-corrected chi connectivity index (χ2v) is 15.1. The van der Waals surface area contributed by atoms with Crippen LogP contribution in [-0.2, 0) is 19.6 Å². The number of rotatable bonds is 7. The molecular formula is C31H34N4O4S3. The zero-order valence-electron chi connectivity index (χ0n) is 23.7. The molecule has 0 saturated carbocycles. The molecule has 3 atom stereocenters. The second kappa shape index (κ2) is 12.0. The highest BCUT2D eigenvalue weighted by Gasteiger charge is 2.35. The molecule has 3 saturated heterocycles. The molecule has 3 aliphatic rings. The van der Waals surface area contributed by atoms with E-state index in [-0.39, 0.29) is 16.9 Å². The fraction of sp³-hybridized carbons (Fsp3) is 0.387. The largest absolute Gasteiger partial charge is 0.376 e. The molecule has 1 aromatic heterocycles. The van der Waals surface area contributed by atoms with Crippen LogP contribution in [0.5, 0.6) is 0 Å². The van der Waals surface area contributed by atoms with E-state index >= 15 is 0 Å². The van der Waals surface area contributed by atoms with Crippen LogP contribution in [0.15, 0.2) is 70.6 Å². The van der Waals surface area contributed by atoms with Crippen LogP contribution in [0.2, 0.25) is 0 Å². The van der Waals surface area contributed by atoms with E-state index in [9.17, 15) is 13.2 Å². The molecule has 6 rings (SSSR count). The van der Waals surface area contributed by atoms with Gasteiger partial charge in [0.25, 0.3) is 5.91 Å². The number of carbonyl (C=O) groups is 1. The zero-order chi connectivity index (χ0) is 29.4. The Bertz CT molecular complexity index is 1620. The average molecular weight is 623 g/mol. The molecule has 3 aromatic rings. The Hall–Kier alpha value is -2.83. The average Bonchev–Trinajstić information content (AvgIpc) is 3.71. The van der Waals surface area contributed by atoms with E-state index in [1.807, 2.05) is 48.7 Å². The molecule has 11 heteroatoms. The van der Waals surface area contributed by atoms with E-state index in [1.54, 1.807) is 32.1 Å². The van der Waals surface area contributed by atoms with Crippen LogP contribution in [0.25, 0.3) is 23.0 Å². The van der Waals surface area contributed by atoms with Gasteiger partial charge in [0.1, 0.15) is 10.0 Å². The van der Waals surface area contributed by atoms with Gasteiger partial charge >= 0.3 is 0 Å². The molecule has 0 radical (unpaired) electrons. The number of amides is 1. The summed E-state index contributed by atoms with van der Waals surface area (Å²) in [5, 5.41) is 4.88. The molecule has 42 heavy (non-hydrogen) atoms. The van der Waals surface area contributed by atoms with Gasteiger partial charge in [-0.2, -0.15) is 9.40 Å². The number of hydrogen-bond acceptors (Lipinski definition) is 7. The maximum atomic E-state index is 13.7. The van der Waals surface area contributed by atoms with Crippen LogP contribution < -0.4 is 0 Å². The van der Waals surface area contributed by atoms with Crippen LogP contribution in [0.3, 0.4) is 0 Å². The van der Waals surface area contributed by atoms with Gasteiger partial charge in [0.15, 0.2) is 0 Å². The van der Waals surface area contributed by atoms with Crippen molar-refractivity contribution in [3.05, 3.63) is 71.3 Å². The zero-order valence-corrected chi connectivity index (χ0v) is 26.1. The highest BCUT2D eigenvalue weighted by atomic mass is 32.2. The van der Waals surface area contributed by atoms with Gasteiger partial charge in [0.05, 0.1) is 28.1 Å². The molecule has 0 aliphatic carbocycles. The second-order valence-electron chi connectivity index (χ2n) is 11.4. The summed E-state index contributed by atoms with van der Waals surface area (Å²) >= 11 is 6.84. The predicted molar refractivity (Wildman–Crippen MR) is 170 cm³/mol. The van der Waals surface area contributed by atoms with Crippen molar-refractivity contribution in [1.29, 1.82) is 0 Å². The topological polar surface area (TPSA) is 84.7 Å². The first kappa shape index (κ1) is 29.3. The van der Waals surface area contributed by atoms with E-state index < -0.39 is 10.0 Å². The predicted octanol–water partition coefficient (Wildman–Crippen LogP) is 5.59. The summed E-state index contributed by atoms with van der Waals surface area (Å²) in [7, 11) is -3.68. The summed E-state index contributed by atoms with van der Waals surface area (Å²) in [4.78, 5) is 15.8. The summed E-state index contributed by atoms with van der Waals surface area (Å²) in [6.07, 6.45) is 6.60. The fourth-order valence-electron chi connectivity index (χ4n) is 5.98. The van der Waals surface area contributed by atoms with Crippen molar-refractivity contribution in [2.75, 3.05) is 26.2 Å². The first-order chi connectivity index (χ1) is 20.2. The molecule has 0 spiro atoms. The third-order valence-corrected chi connectivity index (χ3v) is 11.1. The van der Waals surface area contributed by atoms with E-state index in [0.29, 0.717) is 64.1 Å². The van der Waals surface area contributed by atoms with Crippen LogP contribution in [0.1, 0.15) is 38.7 Å². The monoisotopic (exact) mass is 622 g/mol. The lowest BCUT2D eigenvalue weighted by Gasteiger charge is -2.34. The standard InChI is InChI=1S/C31H34N4O4S3/c1-21-14-22(2)18-33(17-21)42(37,38)27-12-6-8-23(15-27)29-24(19-35(32-29)25-9-4-3-5-10-25)16-28-30(36)34(31(40)41-28)20-26-11-7-13-39-26/h3-6,8-10,12,15-16,19,21-22,26H,7,11,13-14,17-18,20H2,1-2H3/b28-16-. The normalized spacial score (nSPS) is 24.7. The summed E-state index contributed by atoms with van der Waals surface area (Å²) in [5.41, 5.74) is 2.79. The van der Waals surface area contributed by atoms with Crippen molar-refractivity contribution >= 4 is 50.3 Å². The Labute approximate surface area is 256 Å². The number of sulfonamides is 1. The SMILES string of the molecule is CC1CC(C)CN(S(=O)(=O)c2cccc(-c3nn(-c4ccccc4)cc3/C=C3\SC(=S)N(CC4CCCO4)C3=O)c2)C1. The summed E-state index contributed by atoms with van der Waals surface area (Å²) in [5.74, 6) is 0.459. The number of ether oxygens (including phenoxy) is 1. The Kier molecular flexibility index (Phi) is 8.39. The maximum absolute atomic E-state index is 13.7. The van der Waals surface area contributed by atoms with E-state index in [0.717, 1.165) is 24.9 Å². The van der Waals surface area contributed by atoms with E-state index in [1.165, 1.54) is 11.8 Å². The van der Waals surface area contributed by atoms with Gasteiger partial charge < -0.3 is 4.74 Å². The van der Waals surface area contributed by atoms with Crippen LogP contribution in [-0.4, -0.2) is 70.0 Å². The minimum atomic E-state index is -3.68. The summed E-state index contributed by atoms with van der Waals surface area (Å²) in [6, 6.07) is 16.6. The number of aromatic nitrogens is 2. The lowest BCUT2D eigenvalue weighted by atomic mass is 9.94. The van der Waals surface area contributed by atoms with Crippen molar-refractivity contribution < 1.29 is 17.9 Å². The first-order valence-corrected chi connectivity index (χ1v) is 17.0. The molecule has 1 amide bonds. The molecule has 0 bridgehead atoms. The summed E-state index contributed by atoms with van der Waals surface area (Å²) < 4.78 is 37.0. The van der Waals surface area contributed by atoms with Crippen molar-refractivity contribution in [2.24, 2.45) is 11.8 Å². The third kappa shape index (κ3) is 5.98. The molecule has 8 nitrogen and oxygen atoms in total. The van der Waals surface area contributed by atoms with Gasteiger partial charge in [-0.1, -0.05) is 68.2 Å². The molecular weight excluding hydrogens is 589 g/mol. The number of carbonyl (C=O) groups excluding carboxylic acids is 1. The van der Waals surface area contributed by atoms with Gasteiger partial charge in [-0.3, -0.25) is 9.69 Å². The lowest BCUT2D eigenvalue weighted by molar-refractivity contribution is -0.123. The molecule has 3 unspecified atom stereocenters. The quantitative estimate of drug-likeness (QED) is 0.251. The fourth-order valence-corrected chi connectivity index (χ4v) is 8.97. The van der Waals surface area contributed by atoms with Crippen molar-refractivity contribution in [3.63, 3.8) is 0 Å². The number of thiocarbonyl (C=S) groups is 1. The van der Waals surface area contributed by atoms with Gasteiger partial charge in [-0.05, 0) is 61.4 Å². The minimum Gasteiger partial charge on any atom is -0.376 e. The Morgan fingerprint density at radius 1 is 1.10 bits per heavy atom. The molecule has 2 aromatic carbocycles. The molecule has 3 fully saturated rings. The summed E-state index contributed by atoms with van der Waals surface area (Å²) in [6.45, 7) is 6.38. The van der Waals surface area contributed by atoms with Crippen LogP contribution >= 0.6 is 24.0 Å². The van der Waals surface area contributed by atoms with Gasteiger partial charge in [0.2, 0.25) is 10.0 Å². The number of thioether (sulfide) groups is 1. The van der Waals surface area contributed by atoms with E-state index in [4.69, 9.17) is 22.1 Å². The van der Waals surface area contributed by atoms with Crippen molar-refractivity contribution in [3.8, 4) is 16.9 Å². The Morgan fingerprint density at radius 2 is 1.86 bits per heavy atom. The molecule has 220 valence electrons. The van der Waals surface area contributed by atoms with Crippen LogP contribution in [0, 0.1) is 11.8 Å². The molecule has 0 N–H and O–H groups in total. The van der Waals surface area contributed by atoms with Gasteiger partial charge in [-0.15, -0.1) is 0 Å². The molecule has 3 aliphatic heterocycles. The van der Waals surface area contributed by atoms with Crippen molar-refractivity contribution in [1.82, 2.24) is 19.0 Å². The highest BCUT2D eigenvalue weighted by Crippen LogP contribution is 2.36. The minimum absolute atomic E-state index is 0.00110. The van der Waals surface area contributed by atoms with Gasteiger partial charge in [0, 0.05) is 37.0 Å². The number of benzene rings is 2. The number of para-hydroxylation sites is 1. The number of hydrogen-bond donors (Lipinski definition) is 0. The van der Waals surface area contributed by atoms with Gasteiger partial charge in [-0.25, -0.2) is 13.1 Å². The number of piperidine rings is 1. The third-order valence-electron chi connectivity index (χ3n) is 7.91. The Balaban J connectivity index is 1.37. The Morgan fingerprint density at radius 3 is 2.57 bits per heavy atom. The maximum Gasteiger partial charge on any atom is 0.266 e. The number of nitrogens with zero attached hydrogens (tertiary/aromatic N) is 4.